The predicted octanol–water partition coefficient (Wildman–Crippen LogP) is 2.39. The van der Waals surface area contributed by atoms with E-state index in [1.807, 2.05) is 45.1 Å². The van der Waals surface area contributed by atoms with Crippen molar-refractivity contribution < 1.29 is 19.1 Å². The molecule has 9 nitrogen and oxygen atoms in total. The Labute approximate surface area is 232 Å². The van der Waals surface area contributed by atoms with Gasteiger partial charge >= 0.3 is 0 Å². The number of nitrogens with one attached hydrogen (secondary N) is 3. The van der Waals surface area contributed by atoms with Crippen molar-refractivity contribution in [3.63, 3.8) is 0 Å². The number of allylic oxidation sites excluding steroid dienone is 2. The first-order valence-corrected chi connectivity index (χ1v) is 14.2. The van der Waals surface area contributed by atoms with Crippen molar-refractivity contribution in [1.82, 2.24) is 25.8 Å². The van der Waals surface area contributed by atoms with Gasteiger partial charge in [0.1, 0.15) is 12.1 Å². The number of likely N-dealkylation sites (N-methyl/N-ethyl adjacent to an activating group) is 1. The molecule has 39 heavy (non-hydrogen) atoms. The van der Waals surface area contributed by atoms with Crippen molar-refractivity contribution in [1.29, 1.82) is 0 Å². The first kappa shape index (κ1) is 30.5. The molecule has 3 N–H and O–H groups in total. The quantitative estimate of drug-likeness (QED) is 0.542. The first-order chi connectivity index (χ1) is 18.7. The summed E-state index contributed by atoms with van der Waals surface area (Å²) in [6.07, 6.45) is 14.2. The van der Waals surface area contributed by atoms with Crippen LogP contribution in [-0.4, -0.2) is 78.1 Å². The van der Waals surface area contributed by atoms with Crippen LogP contribution >= 0.6 is 0 Å². The van der Waals surface area contributed by atoms with Crippen LogP contribution in [0.3, 0.4) is 0 Å². The van der Waals surface area contributed by atoms with Gasteiger partial charge < -0.3 is 25.6 Å². The van der Waals surface area contributed by atoms with Crippen LogP contribution in [0.4, 0.5) is 0 Å². The van der Waals surface area contributed by atoms with Crippen LogP contribution in [0.25, 0.3) is 0 Å². The second-order valence-corrected chi connectivity index (χ2v) is 10.8. The lowest BCUT2D eigenvalue weighted by molar-refractivity contribution is -0.141. The molecule has 0 radical (unpaired) electrons. The van der Waals surface area contributed by atoms with Crippen molar-refractivity contribution in [2.75, 3.05) is 20.1 Å². The maximum Gasteiger partial charge on any atom is 0.243 e. The number of fused-ring (bicyclic) bond motifs is 1. The third-order valence-corrected chi connectivity index (χ3v) is 7.83. The normalized spacial score (nSPS) is 30.5. The molecule has 2 aliphatic rings. The standard InChI is InChI=1S/C30H45N5O4/c1-6-20(2)27-30(38)35(5)22(4)28(36)34-25(18-23-13-16-31-17-14-23)29(37)32-15-9-11-24-10-7-8-12-26(24)39-21(3)19-33-27/h7-8,10,12-14,16-17,20-22,24-27,33H,6,9,11,15,18-19H2,1-5H3,(H,32,37)(H,34,36)/t20?,21-,22-,24?,25-,26?,27+/m1/s1. The molecule has 1 aromatic rings. The minimum Gasteiger partial charge on any atom is -0.369 e. The van der Waals surface area contributed by atoms with E-state index in [9.17, 15) is 14.4 Å². The molecule has 214 valence electrons. The zero-order chi connectivity index (χ0) is 28.4. The van der Waals surface area contributed by atoms with E-state index in [4.69, 9.17) is 4.74 Å². The molecule has 0 aromatic carbocycles. The maximum absolute atomic E-state index is 13.6. The molecule has 3 unspecified atom stereocenters. The number of rotatable bonds is 4. The number of hydrogen-bond acceptors (Lipinski definition) is 6. The topological polar surface area (TPSA) is 113 Å². The summed E-state index contributed by atoms with van der Waals surface area (Å²) in [6.45, 7) is 8.79. The van der Waals surface area contributed by atoms with E-state index in [1.54, 1.807) is 26.4 Å². The van der Waals surface area contributed by atoms with Crippen molar-refractivity contribution in [2.45, 2.75) is 83.7 Å². The number of aromatic nitrogens is 1. The van der Waals surface area contributed by atoms with E-state index in [0.717, 1.165) is 24.8 Å². The Balaban J connectivity index is 1.84. The monoisotopic (exact) mass is 539 g/mol. The van der Waals surface area contributed by atoms with Gasteiger partial charge in [-0.3, -0.25) is 19.4 Å². The second kappa shape index (κ2) is 14.9. The van der Waals surface area contributed by atoms with Gasteiger partial charge in [0.05, 0.1) is 18.2 Å². The Morgan fingerprint density at radius 3 is 2.54 bits per heavy atom. The summed E-state index contributed by atoms with van der Waals surface area (Å²) < 4.78 is 6.38. The summed E-state index contributed by atoms with van der Waals surface area (Å²) in [6, 6.07) is 1.66. The summed E-state index contributed by atoms with van der Waals surface area (Å²) in [5, 5.41) is 9.33. The molecule has 1 fully saturated rings. The second-order valence-electron chi connectivity index (χ2n) is 10.8. The zero-order valence-corrected chi connectivity index (χ0v) is 23.9. The molecule has 0 spiro atoms. The summed E-state index contributed by atoms with van der Waals surface area (Å²) >= 11 is 0. The number of hydrogen-bond donors (Lipinski definition) is 3. The van der Waals surface area contributed by atoms with Crippen LogP contribution in [-0.2, 0) is 25.5 Å². The van der Waals surface area contributed by atoms with Crippen LogP contribution in [0, 0.1) is 11.8 Å². The number of ether oxygens (including phenoxy) is 1. The fraction of sp³-hybridized carbons (Fsp3) is 0.600. The Bertz CT molecular complexity index is 1010. The van der Waals surface area contributed by atoms with Gasteiger partial charge in [0.15, 0.2) is 0 Å². The molecule has 2 heterocycles. The van der Waals surface area contributed by atoms with Gasteiger partial charge in [0.2, 0.25) is 17.7 Å². The van der Waals surface area contributed by atoms with Gasteiger partial charge in [0.25, 0.3) is 0 Å². The molecule has 1 saturated heterocycles. The van der Waals surface area contributed by atoms with Gasteiger partial charge in [-0.25, -0.2) is 0 Å². The molecular formula is C30H45N5O4. The minimum atomic E-state index is -0.775. The average molecular weight is 540 g/mol. The molecular weight excluding hydrogens is 494 g/mol. The van der Waals surface area contributed by atoms with E-state index in [-0.39, 0.29) is 41.8 Å². The number of pyridine rings is 1. The van der Waals surface area contributed by atoms with Crippen molar-refractivity contribution in [3.05, 3.63) is 54.4 Å². The van der Waals surface area contributed by atoms with Crippen molar-refractivity contribution in [3.8, 4) is 0 Å². The Morgan fingerprint density at radius 1 is 1.10 bits per heavy atom. The smallest absolute Gasteiger partial charge is 0.243 e. The molecule has 0 bridgehead atoms. The highest BCUT2D eigenvalue weighted by Gasteiger charge is 2.33. The Morgan fingerprint density at radius 2 is 1.82 bits per heavy atom. The van der Waals surface area contributed by atoms with E-state index in [0.29, 0.717) is 19.5 Å². The fourth-order valence-corrected chi connectivity index (χ4v) is 4.93. The zero-order valence-electron chi connectivity index (χ0n) is 23.9. The number of amides is 3. The largest absolute Gasteiger partial charge is 0.369 e. The predicted molar refractivity (Wildman–Crippen MR) is 152 cm³/mol. The minimum absolute atomic E-state index is 0.0588. The summed E-state index contributed by atoms with van der Waals surface area (Å²) in [4.78, 5) is 45.7. The molecule has 3 rings (SSSR count). The van der Waals surface area contributed by atoms with E-state index >= 15 is 0 Å². The maximum atomic E-state index is 13.6. The van der Waals surface area contributed by atoms with Crippen LogP contribution in [0.1, 0.15) is 52.5 Å². The third-order valence-electron chi connectivity index (χ3n) is 7.83. The lowest BCUT2D eigenvalue weighted by atomic mass is 9.92. The van der Waals surface area contributed by atoms with E-state index < -0.39 is 18.1 Å². The van der Waals surface area contributed by atoms with Gasteiger partial charge in [0, 0.05) is 44.9 Å². The van der Waals surface area contributed by atoms with E-state index in [1.165, 1.54) is 4.90 Å². The molecule has 1 aliphatic heterocycles. The molecule has 1 aliphatic carbocycles. The van der Waals surface area contributed by atoms with Crippen molar-refractivity contribution >= 4 is 17.7 Å². The lowest BCUT2D eigenvalue weighted by Gasteiger charge is -2.33. The molecule has 7 atom stereocenters. The average Bonchev–Trinajstić information content (AvgIpc) is 2.94. The fourth-order valence-electron chi connectivity index (χ4n) is 4.93. The molecule has 3 amide bonds. The Kier molecular flexibility index (Phi) is 11.7. The lowest BCUT2D eigenvalue weighted by Crippen LogP contribution is -2.57. The Hall–Kier alpha value is -3.04. The van der Waals surface area contributed by atoms with Crippen LogP contribution in [0.15, 0.2) is 48.8 Å². The van der Waals surface area contributed by atoms with E-state index in [2.05, 4.69) is 33.1 Å². The third kappa shape index (κ3) is 8.73. The number of carbonyl (C=O) groups is 3. The molecule has 0 saturated carbocycles. The van der Waals surface area contributed by atoms with Gasteiger partial charge in [-0.2, -0.15) is 0 Å². The van der Waals surface area contributed by atoms with Crippen LogP contribution < -0.4 is 16.0 Å². The summed E-state index contributed by atoms with van der Waals surface area (Å²) in [7, 11) is 1.64. The van der Waals surface area contributed by atoms with Gasteiger partial charge in [-0.15, -0.1) is 0 Å². The van der Waals surface area contributed by atoms with Crippen LogP contribution in [0.5, 0.6) is 0 Å². The first-order valence-electron chi connectivity index (χ1n) is 14.2. The highest BCUT2D eigenvalue weighted by atomic mass is 16.5. The van der Waals surface area contributed by atoms with Crippen molar-refractivity contribution in [2.24, 2.45) is 11.8 Å². The highest BCUT2D eigenvalue weighted by molar-refractivity contribution is 5.93. The SMILES string of the molecule is CCC(C)[C@@H]1NC[C@@H](C)OC2C=CC=CC2CCCNC(=O)[C@@H](Cc2ccncc2)NC(=O)[C@@H](C)N(C)C1=O. The molecule has 1 aromatic heterocycles. The molecule has 9 heteroatoms. The highest BCUT2D eigenvalue weighted by Crippen LogP contribution is 2.22. The number of nitrogens with zero attached hydrogens (tertiary/aromatic N) is 2. The van der Waals surface area contributed by atoms with Gasteiger partial charge in [-0.05, 0) is 50.3 Å². The number of carbonyl (C=O) groups excluding carboxylic acids is 3. The summed E-state index contributed by atoms with van der Waals surface area (Å²) in [5.74, 6) is -0.526. The van der Waals surface area contributed by atoms with Crippen LogP contribution in [0.2, 0.25) is 0 Å². The summed E-state index contributed by atoms with van der Waals surface area (Å²) in [5.41, 5.74) is 0.888. The van der Waals surface area contributed by atoms with Gasteiger partial charge in [-0.1, -0.05) is 44.6 Å².